The van der Waals surface area contributed by atoms with E-state index < -0.39 is 67.7 Å². The molecule has 3 heterocycles. The first-order chi connectivity index (χ1) is 29.7. The molecule has 11 atom stereocenters. The average Bonchev–Trinajstić information content (AvgIpc) is 3.31. The van der Waals surface area contributed by atoms with E-state index in [0.29, 0.717) is 6.61 Å². The third kappa shape index (κ3) is 10.7. The number of ether oxygens (including phenoxy) is 11. The van der Waals surface area contributed by atoms with Crippen molar-refractivity contribution in [1.29, 1.82) is 0 Å². The lowest BCUT2D eigenvalue weighted by Gasteiger charge is -2.51. The molecule has 5 aromatic rings. The fourth-order valence-electron chi connectivity index (χ4n) is 7.93. The number of hydrogen-bond donors (Lipinski definition) is 0. The van der Waals surface area contributed by atoms with Crippen LogP contribution in [0.1, 0.15) is 34.1 Å². The zero-order valence-electron chi connectivity index (χ0n) is 34.0. The lowest BCUT2D eigenvalue weighted by atomic mass is 9.95. The van der Waals surface area contributed by atoms with Gasteiger partial charge in [0.15, 0.2) is 18.9 Å². The average molecular weight is 819 g/mol. The number of methoxy groups -OCH3 is 2. The first-order valence-corrected chi connectivity index (χ1v) is 20.6. The van der Waals surface area contributed by atoms with Crippen LogP contribution >= 0.6 is 0 Å². The molecule has 0 amide bonds. The van der Waals surface area contributed by atoms with Crippen LogP contribution in [0, 0.1) is 0 Å². The molecule has 3 fully saturated rings. The number of fused-ring (bicyclic) bond motifs is 1. The Balaban J connectivity index is 1.12. The molecule has 11 nitrogen and oxygen atoms in total. The molecule has 0 aliphatic carbocycles. The Bertz CT molecular complexity index is 1960. The maximum absolute atomic E-state index is 7.21. The summed E-state index contributed by atoms with van der Waals surface area (Å²) in [5.74, 6) is 0. The van der Waals surface area contributed by atoms with Gasteiger partial charge in [-0.1, -0.05) is 152 Å². The van der Waals surface area contributed by atoms with Crippen LogP contribution in [0.4, 0.5) is 0 Å². The van der Waals surface area contributed by atoms with Gasteiger partial charge in [0.05, 0.1) is 39.6 Å². The van der Waals surface area contributed by atoms with Crippen LogP contribution in [-0.4, -0.2) is 88.8 Å². The molecule has 11 heteroatoms. The maximum Gasteiger partial charge on any atom is 0.187 e. The van der Waals surface area contributed by atoms with E-state index in [9.17, 15) is 0 Å². The molecule has 0 N–H and O–H groups in total. The Labute approximate surface area is 352 Å². The standard InChI is InChI=1S/C49H54O11/c1-50-43-41-40(33-56-47(59-41)38-26-16-7-17-27-38)58-49(45(43)54-30-36-22-12-5-13-23-36)60-42-39(32-52-28-34-18-8-3-9-19-34)57-48(51-2)46(55-31-37-24-14-6-15-25-37)44(42)53-29-35-20-10-4-11-21-35/h3-27,39-49H,28-33H2,1-2H3/t39-,40+,41-,42-,43+,44+,45-,46-,47?,48+,49+/m1/s1. The number of rotatable bonds is 18. The van der Waals surface area contributed by atoms with Gasteiger partial charge in [0, 0.05) is 19.8 Å². The van der Waals surface area contributed by atoms with E-state index in [0.717, 1.165) is 27.8 Å². The van der Waals surface area contributed by atoms with E-state index in [4.69, 9.17) is 52.1 Å². The molecule has 0 saturated carbocycles. The smallest absolute Gasteiger partial charge is 0.187 e. The van der Waals surface area contributed by atoms with Gasteiger partial charge >= 0.3 is 0 Å². The van der Waals surface area contributed by atoms with E-state index in [-0.39, 0.29) is 33.0 Å². The Morgan fingerprint density at radius 2 is 0.950 bits per heavy atom. The molecular weight excluding hydrogens is 765 g/mol. The predicted octanol–water partition coefficient (Wildman–Crippen LogP) is 7.57. The summed E-state index contributed by atoms with van der Waals surface area (Å²) in [6.45, 7) is 1.60. The van der Waals surface area contributed by atoms with Gasteiger partial charge in [-0.3, -0.25) is 0 Å². The van der Waals surface area contributed by atoms with Crippen LogP contribution in [-0.2, 0) is 78.5 Å². The molecular formula is C49H54O11. The summed E-state index contributed by atoms with van der Waals surface area (Å²) in [5.41, 5.74) is 4.89. The third-order valence-electron chi connectivity index (χ3n) is 11.0. The molecule has 5 aromatic carbocycles. The van der Waals surface area contributed by atoms with E-state index >= 15 is 0 Å². The minimum atomic E-state index is -0.984. The Morgan fingerprint density at radius 3 is 1.47 bits per heavy atom. The highest BCUT2D eigenvalue weighted by Crippen LogP contribution is 2.39. The quantitative estimate of drug-likeness (QED) is 0.0876. The van der Waals surface area contributed by atoms with E-state index in [1.54, 1.807) is 14.2 Å². The summed E-state index contributed by atoms with van der Waals surface area (Å²) in [7, 11) is 3.26. The van der Waals surface area contributed by atoms with Gasteiger partial charge in [-0.25, -0.2) is 0 Å². The highest BCUT2D eigenvalue weighted by atomic mass is 16.8. The van der Waals surface area contributed by atoms with Gasteiger partial charge in [0.25, 0.3) is 0 Å². The molecule has 3 aliphatic heterocycles. The summed E-state index contributed by atoms with van der Waals surface area (Å²) in [6, 6.07) is 49.8. The lowest BCUT2D eigenvalue weighted by molar-refractivity contribution is -0.394. The SMILES string of the molecule is CO[C@H]1O[C@H](COCc2ccccc2)[C@@H](O[C@@H]2O[C@H]3COC(c4ccccc4)O[C@H]3[C@H](OC)[C@H]2OCc2ccccc2)[C@H](OCc2ccccc2)[C@H]1OCc1ccccc1. The van der Waals surface area contributed by atoms with Crippen molar-refractivity contribution in [3.63, 3.8) is 0 Å². The van der Waals surface area contributed by atoms with Crippen LogP contribution in [0.2, 0.25) is 0 Å². The molecule has 0 bridgehead atoms. The van der Waals surface area contributed by atoms with Crippen LogP contribution in [0.3, 0.4) is 0 Å². The molecule has 0 aromatic heterocycles. The Kier molecular flexibility index (Phi) is 15.1. The summed E-state index contributed by atoms with van der Waals surface area (Å²) in [4.78, 5) is 0. The van der Waals surface area contributed by atoms with Crippen LogP contribution in [0.5, 0.6) is 0 Å². The molecule has 1 unspecified atom stereocenters. The lowest BCUT2D eigenvalue weighted by Crippen LogP contribution is -2.67. The summed E-state index contributed by atoms with van der Waals surface area (Å²) in [5, 5.41) is 0. The molecule has 3 saturated heterocycles. The molecule has 316 valence electrons. The van der Waals surface area contributed by atoms with Crippen molar-refractivity contribution in [3.05, 3.63) is 179 Å². The van der Waals surface area contributed by atoms with Crippen molar-refractivity contribution in [1.82, 2.24) is 0 Å². The molecule has 0 radical (unpaired) electrons. The predicted molar refractivity (Wildman–Crippen MR) is 221 cm³/mol. The zero-order chi connectivity index (χ0) is 40.9. The van der Waals surface area contributed by atoms with Crippen LogP contribution < -0.4 is 0 Å². The number of benzene rings is 5. The second-order valence-corrected chi connectivity index (χ2v) is 15.1. The summed E-state index contributed by atoms with van der Waals surface area (Å²) < 4.78 is 72.7. The van der Waals surface area contributed by atoms with E-state index in [1.165, 1.54) is 0 Å². The topological polar surface area (TPSA) is 102 Å². The number of hydrogen-bond acceptors (Lipinski definition) is 11. The van der Waals surface area contributed by atoms with Crippen molar-refractivity contribution < 1.29 is 52.1 Å². The minimum Gasteiger partial charge on any atom is -0.376 e. The van der Waals surface area contributed by atoms with Crippen LogP contribution in [0.15, 0.2) is 152 Å². The highest BCUT2D eigenvalue weighted by Gasteiger charge is 2.55. The van der Waals surface area contributed by atoms with Crippen molar-refractivity contribution in [2.75, 3.05) is 27.4 Å². The van der Waals surface area contributed by atoms with Crippen molar-refractivity contribution in [3.8, 4) is 0 Å². The largest absolute Gasteiger partial charge is 0.376 e. The Morgan fingerprint density at radius 1 is 0.467 bits per heavy atom. The van der Waals surface area contributed by atoms with Crippen molar-refractivity contribution >= 4 is 0 Å². The maximum atomic E-state index is 7.21. The summed E-state index contributed by atoms with van der Waals surface area (Å²) >= 11 is 0. The summed E-state index contributed by atoms with van der Waals surface area (Å²) in [6.07, 6.45) is -7.79. The van der Waals surface area contributed by atoms with Crippen LogP contribution in [0.25, 0.3) is 0 Å². The molecule has 60 heavy (non-hydrogen) atoms. The minimum absolute atomic E-state index is 0.156. The van der Waals surface area contributed by atoms with Crippen molar-refractivity contribution in [2.45, 2.75) is 94.1 Å². The zero-order valence-corrected chi connectivity index (χ0v) is 34.0. The van der Waals surface area contributed by atoms with Gasteiger partial charge in [-0.2, -0.15) is 0 Å². The third-order valence-corrected chi connectivity index (χ3v) is 11.0. The van der Waals surface area contributed by atoms with Crippen molar-refractivity contribution in [2.24, 2.45) is 0 Å². The monoisotopic (exact) mass is 818 g/mol. The fraction of sp³-hybridized carbons (Fsp3) is 0.388. The van der Waals surface area contributed by atoms with Gasteiger partial charge in [-0.15, -0.1) is 0 Å². The van der Waals surface area contributed by atoms with Gasteiger partial charge in [0.2, 0.25) is 0 Å². The fourth-order valence-corrected chi connectivity index (χ4v) is 7.93. The normalized spacial score (nSPS) is 29.1. The first-order valence-electron chi connectivity index (χ1n) is 20.6. The van der Waals surface area contributed by atoms with Gasteiger partial charge in [-0.05, 0) is 22.3 Å². The van der Waals surface area contributed by atoms with Gasteiger partial charge in [0.1, 0.15) is 48.8 Å². The molecule has 8 rings (SSSR count). The second kappa shape index (κ2) is 21.4. The van der Waals surface area contributed by atoms with E-state index in [2.05, 4.69) is 0 Å². The second-order valence-electron chi connectivity index (χ2n) is 15.1. The van der Waals surface area contributed by atoms with E-state index in [1.807, 2.05) is 152 Å². The first kappa shape index (κ1) is 42.4. The molecule has 0 spiro atoms. The van der Waals surface area contributed by atoms with Gasteiger partial charge < -0.3 is 52.1 Å². The molecule has 3 aliphatic rings. The Hall–Kier alpha value is -4.34. The highest BCUT2D eigenvalue weighted by molar-refractivity contribution is 5.18.